The van der Waals surface area contributed by atoms with E-state index < -0.39 is 10.0 Å². The van der Waals surface area contributed by atoms with E-state index >= 15 is 0 Å². The molecule has 1 rings (SSSR count). The van der Waals surface area contributed by atoms with Crippen molar-refractivity contribution in [2.45, 2.75) is 31.5 Å². The SMILES string of the molecule is CCn1cnc(S(=O)(=O)N[C@H](C)CN)c1. The predicted octanol–water partition coefficient (Wildman–Crippen LogP) is -0.471. The summed E-state index contributed by atoms with van der Waals surface area (Å²) in [5.41, 5.74) is 5.34. The Kier molecular flexibility index (Phi) is 3.83. The number of aryl methyl sites for hydroxylation is 1. The van der Waals surface area contributed by atoms with Gasteiger partial charge in [0.15, 0.2) is 5.03 Å². The number of hydrogen-bond acceptors (Lipinski definition) is 4. The van der Waals surface area contributed by atoms with Gasteiger partial charge in [0.05, 0.1) is 6.33 Å². The number of nitrogens with two attached hydrogens (primary N) is 1. The normalized spacial score (nSPS) is 14.1. The van der Waals surface area contributed by atoms with Gasteiger partial charge in [0.2, 0.25) is 0 Å². The third kappa shape index (κ3) is 3.01. The maximum Gasteiger partial charge on any atom is 0.259 e. The molecule has 0 radical (unpaired) electrons. The second kappa shape index (κ2) is 4.73. The molecule has 1 atom stereocenters. The number of sulfonamides is 1. The van der Waals surface area contributed by atoms with Gasteiger partial charge in [-0.3, -0.25) is 0 Å². The quantitative estimate of drug-likeness (QED) is 0.718. The van der Waals surface area contributed by atoms with Crippen LogP contribution in [0.15, 0.2) is 17.6 Å². The largest absolute Gasteiger partial charge is 0.336 e. The van der Waals surface area contributed by atoms with Crippen molar-refractivity contribution in [1.82, 2.24) is 14.3 Å². The highest BCUT2D eigenvalue weighted by Crippen LogP contribution is 2.05. The number of aromatic nitrogens is 2. The standard InChI is InChI=1S/C8H16N4O2S/c1-3-12-5-8(10-6-12)15(13,14)11-7(2)4-9/h5-7,11H,3-4,9H2,1-2H3/t7-/m1/s1. The molecule has 1 aromatic rings. The summed E-state index contributed by atoms with van der Waals surface area (Å²) in [5, 5.41) is 0.0321. The van der Waals surface area contributed by atoms with Crippen LogP contribution < -0.4 is 10.5 Å². The summed E-state index contributed by atoms with van der Waals surface area (Å²) >= 11 is 0. The van der Waals surface area contributed by atoms with E-state index in [2.05, 4.69) is 9.71 Å². The van der Waals surface area contributed by atoms with Crippen LogP contribution in [0.25, 0.3) is 0 Å². The second-order valence-corrected chi connectivity index (χ2v) is 4.96. The highest BCUT2D eigenvalue weighted by Gasteiger charge is 2.18. The van der Waals surface area contributed by atoms with Crippen LogP contribution in [0.1, 0.15) is 13.8 Å². The van der Waals surface area contributed by atoms with Crippen molar-refractivity contribution in [2.75, 3.05) is 6.54 Å². The lowest BCUT2D eigenvalue weighted by Crippen LogP contribution is -2.37. The molecule has 0 aromatic carbocycles. The molecular formula is C8H16N4O2S. The number of nitrogens with zero attached hydrogens (tertiary/aromatic N) is 2. The Labute approximate surface area is 89.5 Å². The molecule has 0 spiro atoms. The van der Waals surface area contributed by atoms with Gasteiger partial charge >= 0.3 is 0 Å². The van der Waals surface area contributed by atoms with Gasteiger partial charge in [-0.1, -0.05) is 0 Å². The number of hydrogen-bond donors (Lipinski definition) is 2. The van der Waals surface area contributed by atoms with Gasteiger partial charge in [-0.25, -0.2) is 18.1 Å². The maximum absolute atomic E-state index is 11.7. The van der Waals surface area contributed by atoms with E-state index in [0.29, 0.717) is 6.54 Å². The molecule has 86 valence electrons. The average Bonchev–Trinajstić information content (AvgIpc) is 2.65. The molecule has 0 aliphatic heterocycles. The Balaban J connectivity index is 2.86. The van der Waals surface area contributed by atoms with Crippen molar-refractivity contribution in [3.8, 4) is 0 Å². The van der Waals surface area contributed by atoms with E-state index in [-0.39, 0.29) is 17.6 Å². The zero-order valence-corrected chi connectivity index (χ0v) is 9.66. The summed E-state index contributed by atoms with van der Waals surface area (Å²) in [6.45, 7) is 4.56. The summed E-state index contributed by atoms with van der Waals surface area (Å²) < 4.78 is 27.5. The van der Waals surface area contributed by atoms with Crippen LogP contribution in [0.5, 0.6) is 0 Å². The Morgan fingerprint density at radius 2 is 2.33 bits per heavy atom. The molecule has 0 saturated heterocycles. The molecule has 0 bridgehead atoms. The molecule has 3 N–H and O–H groups in total. The summed E-state index contributed by atoms with van der Waals surface area (Å²) in [6.07, 6.45) is 2.98. The molecule has 0 aliphatic carbocycles. The minimum atomic E-state index is -3.52. The number of nitrogens with one attached hydrogen (secondary N) is 1. The number of rotatable bonds is 5. The van der Waals surface area contributed by atoms with Crippen molar-refractivity contribution < 1.29 is 8.42 Å². The van der Waals surface area contributed by atoms with Gasteiger partial charge < -0.3 is 10.3 Å². The third-order valence-corrected chi connectivity index (χ3v) is 3.43. The lowest BCUT2D eigenvalue weighted by atomic mass is 10.4. The average molecular weight is 232 g/mol. The topological polar surface area (TPSA) is 90.0 Å². The molecule has 6 nitrogen and oxygen atoms in total. The molecule has 0 aliphatic rings. The molecule has 1 heterocycles. The summed E-state index contributed by atoms with van der Waals surface area (Å²) in [5.74, 6) is 0. The van der Waals surface area contributed by atoms with Crippen molar-refractivity contribution in [2.24, 2.45) is 5.73 Å². The molecule has 15 heavy (non-hydrogen) atoms. The van der Waals surface area contributed by atoms with E-state index in [1.54, 1.807) is 11.5 Å². The molecule has 0 saturated carbocycles. The highest BCUT2D eigenvalue weighted by atomic mass is 32.2. The van der Waals surface area contributed by atoms with E-state index in [1.807, 2.05) is 6.92 Å². The Morgan fingerprint density at radius 3 is 2.80 bits per heavy atom. The molecule has 0 fully saturated rings. The summed E-state index contributed by atoms with van der Waals surface area (Å²) in [7, 11) is -3.52. The first-order valence-corrected chi connectivity index (χ1v) is 6.22. The number of imidazole rings is 1. The van der Waals surface area contributed by atoms with Crippen LogP contribution in [0, 0.1) is 0 Å². The lowest BCUT2D eigenvalue weighted by Gasteiger charge is -2.09. The Hall–Kier alpha value is -0.920. The van der Waals surface area contributed by atoms with Crippen molar-refractivity contribution in [3.63, 3.8) is 0 Å². The fourth-order valence-electron chi connectivity index (χ4n) is 1.02. The first kappa shape index (κ1) is 12.2. The maximum atomic E-state index is 11.7. The molecule has 7 heteroatoms. The van der Waals surface area contributed by atoms with Gasteiger partial charge in [0.1, 0.15) is 0 Å². The van der Waals surface area contributed by atoms with Gasteiger partial charge in [-0.05, 0) is 13.8 Å². The fourth-order valence-corrected chi connectivity index (χ4v) is 2.23. The van der Waals surface area contributed by atoms with Gasteiger partial charge in [-0.15, -0.1) is 0 Å². The van der Waals surface area contributed by atoms with Crippen molar-refractivity contribution in [1.29, 1.82) is 0 Å². The zero-order chi connectivity index (χ0) is 11.5. The highest BCUT2D eigenvalue weighted by molar-refractivity contribution is 7.89. The lowest BCUT2D eigenvalue weighted by molar-refractivity contribution is 0.559. The monoisotopic (exact) mass is 232 g/mol. The zero-order valence-electron chi connectivity index (χ0n) is 8.84. The summed E-state index contributed by atoms with van der Waals surface area (Å²) in [6, 6.07) is -0.290. The van der Waals surface area contributed by atoms with Crippen LogP contribution in [-0.4, -0.2) is 30.6 Å². The Bertz CT molecular complexity index is 412. The predicted molar refractivity (Wildman–Crippen MR) is 56.7 cm³/mol. The molecular weight excluding hydrogens is 216 g/mol. The van der Waals surface area contributed by atoms with E-state index in [1.165, 1.54) is 12.5 Å². The molecule has 1 aromatic heterocycles. The van der Waals surface area contributed by atoms with E-state index in [4.69, 9.17) is 5.73 Å². The first-order valence-electron chi connectivity index (χ1n) is 4.73. The first-order chi connectivity index (χ1) is 6.99. The van der Waals surface area contributed by atoms with Crippen LogP contribution >= 0.6 is 0 Å². The third-order valence-electron chi connectivity index (χ3n) is 1.96. The fraction of sp³-hybridized carbons (Fsp3) is 0.625. The van der Waals surface area contributed by atoms with Crippen molar-refractivity contribution >= 4 is 10.0 Å². The second-order valence-electron chi connectivity index (χ2n) is 3.30. The van der Waals surface area contributed by atoms with Crippen LogP contribution in [-0.2, 0) is 16.6 Å². The van der Waals surface area contributed by atoms with Crippen LogP contribution in [0.2, 0.25) is 0 Å². The minimum Gasteiger partial charge on any atom is -0.336 e. The smallest absolute Gasteiger partial charge is 0.259 e. The van der Waals surface area contributed by atoms with Gasteiger partial charge in [0.25, 0.3) is 10.0 Å². The Morgan fingerprint density at radius 1 is 1.67 bits per heavy atom. The van der Waals surface area contributed by atoms with E-state index in [0.717, 1.165) is 0 Å². The summed E-state index contributed by atoms with van der Waals surface area (Å²) in [4.78, 5) is 3.82. The minimum absolute atomic E-state index is 0.0321. The van der Waals surface area contributed by atoms with Gasteiger partial charge in [-0.2, -0.15) is 0 Å². The van der Waals surface area contributed by atoms with Crippen LogP contribution in [0.3, 0.4) is 0 Å². The van der Waals surface area contributed by atoms with Crippen molar-refractivity contribution in [3.05, 3.63) is 12.5 Å². The van der Waals surface area contributed by atoms with E-state index in [9.17, 15) is 8.42 Å². The van der Waals surface area contributed by atoms with Crippen LogP contribution in [0.4, 0.5) is 0 Å². The molecule has 0 unspecified atom stereocenters. The molecule has 0 amide bonds. The van der Waals surface area contributed by atoms with Gasteiger partial charge in [0, 0.05) is 25.3 Å².